The van der Waals surface area contributed by atoms with E-state index in [2.05, 4.69) is 4.98 Å². The van der Waals surface area contributed by atoms with Crippen molar-refractivity contribution in [3.05, 3.63) is 29.0 Å². The molecule has 2 aromatic heterocycles. The van der Waals surface area contributed by atoms with Crippen LogP contribution >= 0.6 is 11.6 Å². The topological polar surface area (TPSA) is 61.8 Å². The van der Waals surface area contributed by atoms with Crippen LogP contribution in [0.4, 0.5) is 0 Å². The molecule has 0 amide bonds. The van der Waals surface area contributed by atoms with Gasteiger partial charge in [0.2, 0.25) is 0 Å². The van der Waals surface area contributed by atoms with Gasteiger partial charge in [0, 0.05) is 11.6 Å². The molecule has 2 heterocycles. The van der Waals surface area contributed by atoms with Crippen molar-refractivity contribution in [1.82, 2.24) is 9.55 Å². The number of nitriles is 1. The first kappa shape index (κ1) is 9.97. The Morgan fingerprint density at radius 3 is 3.07 bits per heavy atom. The Morgan fingerprint density at radius 2 is 2.40 bits per heavy atom. The van der Waals surface area contributed by atoms with E-state index in [0.717, 1.165) is 10.9 Å². The molecule has 0 spiro atoms. The first-order valence-corrected chi connectivity index (χ1v) is 4.76. The van der Waals surface area contributed by atoms with Gasteiger partial charge in [0.1, 0.15) is 17.3 Å². The van der Waals surface area contributed by atoms with Gasteiger partial charge in [-0.25, -0.2) is 4.98 Å². The third-order valence-corrected chi connectivity index (χ3v) is 2.39. The molecule has 0 bridgehead atoms. The molecule has 0 saturated carbocycles. The molecular weight excluding hydrogens is 214 g/mol. The Bertz CT molecular complexity index is 541. The number of fused-ring (bicyclic) bond motifs is 1. The van der Waals surface area contributed by atoms with Crippen molar-refractivity contribution in [3.8, 4) is 6.07 Å². The van der Waals surface area contributed by atoms with E-state index in [-0.39, 0.29) is 13.2 Å². The zero-order valence-electron chi connectivity index (χ0n) is 7.81. The fourth-order valence-corrected chi connectivity index (χ4v) is 1.74. The highest BCUT2D eigenvalue weighted by Gasteiger charge is 2.08. The van der Waals surface area contributed by atoms with Gasteiger partial charge in [0.25, 0.3) is 0 Å². The van der Waals surface area contributed by atoms with Crippen LogP contribution in [-0.4, -0.2) is 14.7 Å². The minimum absolute atomic E-state index is 0.0880. The molecular formula is C10H8ClN3O. The number of rotatable bonds is 2. The molecule has 0 atom stereocenters. The average molecular weight is 222 g/mol. The predicted molar refractivity (Wildman–Crippen MR) is 56.3 cm³/mol. The van der Waals surface area contributed by atoms with Gasteiger partial charge in [0.15, 0.2) is 0 Å². The van der Waals surface area contributed by atoms with Crippen molar-refractivity contribution >= 4 is 22.6 Å². The normalized spacial score (nSPS) is 10.5. The third kappa shape index (κ3) is 1.67. The van der Waals surface area contributed by atoms with Gasteiger partial charge in [-0.3, -0.25) is 0 Å². The fourth-order valence-electron chi connectivity index (χ4n) is 1.53. The summed E-state index contributed by atoms with van der Waals surface area (Å²) in [6.07, 6.45) is 1.76. The summed E-state index contributed by atoms with van der Waals surface area (Å²) in [4.78, 5) is 4.13. The van der Waals surface area contributed by atoms with Gasteiger partial charge in [0.05, 0.1) is 12.7 Å². The van der Waals surface area contributed by atoms with Crippen molar-refractivity contribution in [1.29, 1.82) is 5.26 Å². The van der Waals surface area contributed by atoms with Crippen LogP contribution in [0.3, 0.4) is 0 Å². The maximum Gasteiger partial charge on any atom is 0.142 e. The summed E-state index contributed by atoms with van der Waals surface area (Å²) in [5.74, 6) is 0. The van der Waals surface area contributed by atoms with Crippen molar-refractivity contribution in [2.75, 3.05) is 0 Å². The van der Waals surface area contributed by atoms with Gasteiger partial charge in [-0.15, -0.1) is 0 Å². The first-order chi connectivity index (χ1) is 7.26. The first-order valence-electron chi connectivity index (χ1n) is 4.38. The van der Waals surface area contributed by atoms with E-state index < -0.39 is 0 Å². The minimum atomic E-state index is -0.0880. The lowest BCUT2D eigenvalue weighted by Crippen LogP contribution is -1.96. The molecule has 2 aromatic rings. The SMILES string of the molecule is N#CCn1ccc2c(CO)cc(Cl)nc21. The monoisotopic (exact) mass is 221 g/mol. The highest BCUT2D eigenvalue weighted by Crippen LogP contribution is 2.21. The van der Waals surface area contributed by atoms with Gasteiger partial charge < -0.3 is 9.67 Å². The molecule has 0 aromatic carbocycles. The number of aliphatic hydroxyl groups excluding tert-OH is 1. The van der Waals surface area contributed by atoms with Gasteiger partial charge in [-0.05, 0) is 17.7 Å². The van der Waals surface area contributed by atoms with Crippen molar-refractivity contribution in [2.24, 2.45) is 0 Å². The second-order valence-corrected chi connectivity index (χ2v) is 3.49. The minimum Gasteiger partial charge on any atom is -0.392 e. The molecule has 0 unspecified atom stereocenters. The van der Waals surface area contributed by atoms with Crippen molar-refractivity contribution in [3.63, 3.8) is 0 Å². The fraction of sp³-hybridized carbons (Fsp3) is 0.200. The summed E-state index contributed by atoms with van der Waals surface area (Å²) in [5, 5.41) is 18.9. The molecule has 1 N–H and O–H groups in total. The smallest absolute Gasteiger partial charge is 0.142 e. The van der Waals surface area contributed by atoms with Crippen molar-refractivity contribution in [2.45, 2.75) is 13.2 Å². The average Bonchev–Trinajstić information content (AvgIpc) is 2.61. The Balaban J connectivity index is 2.70. The van der Waals surface area contributed by atoms with E-state index in [1.165, 1.54) is 0 Å². The standard InChI is InChI=1S/C10H8ClN3O/c11-9-5-7(6-15)8-1-3-14(4-2-12)10(8)13-9/h1,3,5,15H,4,6H2. The quantitative estimate of drug-likeness (QED) is 0.786. The molecule has 15 heavy (non-hydrogen) atoms. The van der Waals surface area contributed by atoms with Crippen LogP contribution < -0.4 is 0 Å². The molecule has 76 valence electrons. The Hall–Kier alpha value is -1.57. The van der Waals surface area contributed by atoms with Crippen LogP contribution in [-0.2, 0) is 13.2 Å². The second-order valence-electron chi connectivity index (χ2n) is 3.10. The predicted octanol–water partition coefficient (Wildman–Crippen LogP) is 1.71. The number of halogens is 1. The Kier molecular flexibility index (Phi) is 2.58. The van der Waals surface area contributed by atoms with Gasteiger partial charge in [-0.2, -0.15) is 5.26 Å². The molecule has 0 saturated heterocycles. The largest absolute Gasteiger partial charge is 0.392 e. The highest BCUT2D eigenvalue weighted by atomic mass is 35.5. The molecule has 0 aliphatic heterocycles. The van der Waals surface area contributed by atoms with Gasteiger partial charge in [-0.1, -0.05) is 11.6 Å². The van der Waals surface area contributed by atoms with Crippen LogP contribution in [0, 0.1) is 11.3 Å². The van der Waals surface area contributed by atoms with Crippen LogP contribution in [0.5, 0.6) is 0 Å². The molecule has 0 fully saturated rings. The zero-order chi connectivity index (χ0) is 10.8. The lowest BCUT2D eigenvalue weighted by molar-refractivity contribution is 0.283. The Labute approximate surface area is 91.3 Å². The van der Waals surface area contributed by atoms with Crippen LogP contribution in [0.25, 0.3) is 11.0 Å². The number of pyridine rings is 1. The van der Waals surface area contributed by atoms with E-state index in [1.807, 2.05) is 12.1 Å². The summed E-state index contributed by atoms with van der Waals surface area (Å²) in [5.41, 5.74) is 1.36. The molecule has 0 radical (unpaired) electrons. The number of aliphatic hydroxyl groups is 1. The second kappa shape index (κ2) is 3.89. The van der Waals surface area contributed by atoms with E-state index in [1.54, 1.807) is 16.8 Å². The number of nitrogens with zero attached hydrogens (tertiary/aromatic N) is 3. The van der Waals surface area contributed by atoms with Gasteiger partial charge >= 0.3 is 0 Å². The zero-order valence-corrected chi connectivity index (χ0v) is 8.57. The number of aromatic nitrogens is 2. The van der Waals surface area contributed by atoms with E-state index in [9.17, 15) is 0 Å². The molecule has 4 nitrogen and oxygen atoms in total. The number of hydrogen-bond donors (Lipinski definition) is 1. The third-order valence-electron chi connectivity index (χ3n) is 2.20. The van der Waals surface area contributed by atoms with Crippen LogP contribution in [0.1, 0.15) is 5.56 Å². The summed E-state index contributed by atoms with van der Waals surface area (Å²) in [6.45, 7) is 0.136. The molecule has 0 aliphatic rings. The lowest BCUT2D eigenvalue weighted by atomic mass is 10.2. The summed E-state index contributed by atoms with van der Waals surface area (Å²) in [7, 11) is 0. The van der Waals surface area contributed by atoms with E-state index in [4.69, 9.17) is 22.0 Å². The van der Waals surface area contributed by atoms with Crippen LogP contribution in [0.2, 0.25) is 5.15 Å². The molecule has 0 aliphatic carbocycles. The highest BCUT2D eigenvalue weighted by molar-refractivity contribution is 6.29. The maximum atomic E-state index is 9.14. The van der Waals surface area contributed by atoms with Crippen LogP contribution in [0.15, 0.2) is 18.3 Å². The van der Waals surface area contributed by atoms with Crippen molar-refractivity contribution < 1.29 is 5.11 Å². The van der Waals surface area contributed by atoms with E-state index in [0.29, 0.717) is 10.8 Å². The molecule has 2 rings (SSSR count). The van der Waals surface area contributed by atoms with E-state index >= 15 is 0 Å². The maximum absolute atomic E-state index is 9.14. The lowest BCUT2D eigenvalue weighted by Gasteiger charge is -2.02. The summed E-state index contributed by atoms with van der Waals surface area (Å²) >= 11 is 5.81. The molecule has 5 heteroatoms. The summed E-state index contributed by atoms with van der Waals surface area (Å²) < 4.78 is 1.69. The Morgan fingerprint density at radius 1 is 1.60 bits per heavy atom. The number of hydrogen-bond acceptors (Lipinski definition) is 3. The summed E-state index contributed by atoms with van der Waals surface area (Å²) in [6, 6.07) is 5.48.